The average molecular weight is 927 g/mol. The summed E-state index contributed by atoms with van der Waals surface area (Å²) >= 11 is 8.91. The summed E-state index contributed by atoms with van der Waals surface area (Å²) in [4.78, 5) is 67.7. The molecule has 5 aromatic rings. The molecule has 18 heteroatoms. The molecule has 4 amide bonds. The molecule has 64 heavy (non-hydrogen) atoms. The Kier molecular flexibility index (Phi) is 15.0. The molecule has 3 aromatic heterocycles. The lowest BCUT2D eigenvalue weighted by atomic mass is 10.0. The van der Waals surface area contributed by atoms with Gasteiger partial charge in [0.15, 0.2) is 0 Å². The number of thiocarbonyl (C=S) groups is 1. The van der Waals surface area contributed by atoms with Crippen molar-refractivity contribution in [3.05, 3.63) is 99.1 Å². The molecule has 5 heterocycles. The molecule has 2 saturated heterocycles. The molecule has 0 aliphatic carbocycles. The number of ether oxygens (including phenoxy) is 1. The van der Waals surface area contributed by atoms with E-state index in [1.165, 1.54) is 23.2 Å². The molecule has 2 aliphatic heterocycles. The lowest BCUT2D eigenvalue weighted by Gasteiger charge is -2.33. The number of amides is 4. The van der Waals surface area contributed by atoms with Gasteiger partial charge in [0.2, 0.25) is 23.6 Å². The number of nitrogens with zero attached hydrogens (tertiary/aromatic N) is 5. The molecular weight excluding hydrogens is 873 g/mol. The van der Waals surface area contributed by atoms with Crippen molar-refractivity contribution in [3.63, 3.8) is 0 Å². The number of likely N-dealkylation sites (tertiary alicyclic amines) is 2. The van der Waals surface area contributed by atoms with Crippen LogP contribution in [0.25, 0.3) is 20.9 Å². The predicted octanol–water partition coefficient (Wildman–Crippen LogP) is 5.14. The number of aryl methyl sites for hydroxylation is 2. The second kappa shape index (κ2) is 20.6. The van der Waals surface area contributed by atoms with Crippen LogP contribution in [0, 0.1) is 19.8 Å². The van der Waals surface area contributed by atoms with Crippen molar-refractivity contribution in [1.29, 1.82) is 0 Å². The van der Waals surface area contributed by atoms with E-state index in [1.807, 2.05) is 86.6 Å². The topological polar surface area (TPSA) is 192 Å². The van der Waals surface area contributed by atoms with Gasteiger partial charge in [-0.25, -0.2) is 9.97 Å². The molecule has 0 unspecified atom stereocenters. The molecule has 0 spiro atoms. The molecular formula is C46H54N8O7S3. The van der Waals surface area contributed by atoms with Gasteiger partial charge in [0, 0.05) is 65.0 Å². The smallest absolute Gasteiger partial charge is 0.243 e. The van der Waals surface area contributed by atoms with Gasteiger partial charge in [-0.3, -0.25) is 19.2 Å². The number of aromatic nitrogens is 3. The second-order valence-corrected chi connectivity index (χ2v) is 18.8. The Morgan fingerprint density at radius 1 is 0.859 bits per heavy atom. The Morgan fingerprint density at radius 2 is 1.45 bits per heavy atom. The van der Waals surface area contributed by atoms with E-state index in [0.717, 1.165) is 49.0 Å². The van der Waals surface area contributed by atoms with Gasteiger partial charge in [-0.1, -0.05) is 79.8 Å². The summed E-state index contributed by atoms with van der Waals surface area (Å²) in [6.07, 6.45) is -0.150. The molecule has 2 fully saturated rings. The SMILES string of the molecule is CO[C@@H]1C[C@@H](C(=O)NCc2ccc(-c3scnc3Cc3c(C)noc3CC(=O)N3C[C@H](O)C[C@H]3C(=O)NCc3ccc(-c4scnc4C)cc3)cc2)N(C(=S)[C@@H](NC(C)=O)C(C)C)C1. The lowest BCUT2D eigenvalue weighted by Crippen LogP contribution is -2.54. The molecule has 0 bridgehead atoms. The van der Waals surface area contributed by atoms with Crippen molar-refractivity contribution in [2.45, 2.75) is 104 Å². The van der Waals surface area contributed by atoms with Crippen LogP contribution >= 0.6 is 34.9 Å². The minimum Gasteiger partial charge on any atom is -0.391 e. The Morgan fingerprint density at radius 3 is 2.03 bits per heavy atom. The number of aliphatic hydroxyl groups excluding tert-OH is 1. The standard InChI is InChI=1S/C46H54N8O7S3/c1-25(2)41(51-28(5)55)46(62)54-22-34(60-6)16-38(54)45(59)48-20-30-9-13-32(14-10-30)43-36(50-24-64-43)17-35-26(3)52-61-39(35)18-40(57)53-21-33(56)15-37(53)44(58)47-19-29-7-11-31(12-8-29)42-27(4)49-23-63-42/h7-14,23-25,33-34,37-38,41,56H,15-22H2,1-6H3,(H,47,58)(H,48,59)(H,51,55)/t33-,34-,37+,38+,41+/m1/s1. The molecule has 0 radical (unpaired) electrons. The first-order chi connectivity index (χ1) is 30.7. The normalized spacial score (nSPS) is 18.9. The van der Waals surface area contributed by atoms with E-state index in [0.29, 0.717) is 42.4 Å². The highest BCUT2D eigenvalue weighted by Gasteiger charge is 2.41. The van der Waals surface area contributed by atoms with Crippen LogP contribution in [-0.4, -0.2) is 109 Å². The van der Waals surface area contributed by atoms with Crippen LogP contribution in [0.15, 0.2) is 64.1 Å². The molecule has 0 saturated carbocycles. The van der Waals surface area contributed by atoms with Crippen molar-refractivity contribution >= 4 is 63.5 Å². The fourth-order valence-corrected chi connectivity index (χ4v) is 10.5. The number of benzene rings is 2. The zero-order valence-electron chi connectivity index (χ0n) is 36.8. The minimum atomic E-state index is -0.831. The van der Waals surface area contributed by atoms with Crippen LogP contribution in [0.5, 0.6) is 0 Å². The molecule has 338 valence electrons. The minimum absolute atomic E-state index is 0.0389. The zero-order chi connectivity index (χ0) is 45.7. The Labute approximate surface area is 386 Å². The summed E-state index contributed by atoms with van der Waals surface area (Å²) < 4.78 is 11.3. The summed E-state index contributed by atoms with van der Waals surface area (Å²) in [5, 5.41) is 23.7. The number of hydrogen-bond acceptors (Lipinski definition) is 13. The monoisotopic (exact) mass is 926 g/mol. The van der Waals surface area contributed by atoms with E-state index in [2.05, 4.69) is 31.1 Å². The van der Waals surface area contributed by atoms with Crippen LogP contribution < -0.4 is 16.0 Å². The number of aliphatic hydroxyl groups is 1. The van der Waals surface area contributed by atoms with Crippen LogP contribution in [0.4, 0.5) is 0 Å². The van der Waals surface area contributed by atoms with Gasteiger partial charge in [0.1, 0.15) is 22.8 Å². The van der Waals surface area contributed by atoms with Gasteiger partial charge >= 0.3 is 0 Å². The number of hydrogen-bond donors (Lipinski definition) is 4. The third-order valence-corrected chi connectivity index (χ3v) is 14.2. The number of rotatable bonds is 16. The van der Waals surface area contributed by atoms with Gasteiger partial charge in [-0.15, -0.1) is 22.7 Å². The first-order valence-electron chi connectivity index (χ1n) is 21.3. The molecule has 4 N–H and O–H groups in total. The fraction of sp³-hybridized carbons (Fsp3) is 0.435. The van der Waals surface area contributed by atoms with Crippen molar-refractivity contribution in [1.82, 2.24) is 40.9 Å². The lowest BCUT2D eigenvalue weighted by molar-refractivity contribution is -0.138. The fourth-order valence-electron chi connectivity index (χ4n) is 8.29. The van der Waals surface area contributed by atoms with E-state index < -0.39 is 18.2 Å². The van der Waals surface area contributed by atoms with Gasteiger partial charge in [0.25, 0.3) is 0 Å². The molecule has 2 aliphatic rings. The maximum absolute atomic E-state index is 13.8. The quantitative estimate of drug-likeness (QED) is 0.0955. The van der Waals surface area contributed by atoms with Gasteiger partial charge < -0.3 is 40.1 Å². The molecule has 15 nitrogen and oxygen atoms in total. The highest BCUT2D eigenvalue weighted by atomic mass is 32.1. The van der Waals surface area contributed by atoms with Crippen LogP contribution in [-0.2, 0) is 49.8 Å². The number of methoxy groups -OCH3 is 1. The first kappa shape index (κ1) is 46.6. The number of carbonyl (C=O) groups excluding carboxylic acids is 4. The third-order valence-electron chi connectivity index (χ3n) is 11.8. The van der Waals surface area contributed by atoms with Crippen molar-refractivity contribution in [2.75, 3.05) is 20.2 Å². The number of carbonyl (C=O) groups is 4. The Bertz CT molecular complexity index is 2470. The summed E-state index contributed by atoms with van der Waals surface area (Å²) in [5.41, 5.74) is 10.6. The van der Waals surface area contributed by atoms with Crippen molar-refractivity contribution < 1.29 is 33.5 Å². The van der Waals surface area contributed by atoms with E-state index in [9.17, 15) is 24.3 Å². The number of thiazole rings is 2. The highest BCUT2D eigenvalue weighted by molar-refractivity contribution is 7.80. The van der Waals surface area contributed by atoms with Gasteiger partial charge in [-0.2, -0.15) is 0 Å². The first-order valence-corrected chi connectivity index (χ1v) is 23.5. The number of nitrogens with one attached hydrogen (secondary N) is 3. The molecule has 7 rings (SSSR count). The van der Waals surface area contributed by atoms with Crippen molar-refractivity contribution in [2.24, 2.45) is 5.92 Å². The molecule has 5 atom stereocenters. The summed E-state index contributed by atoms with van der Waals surface area (Å²) in [6, 6.07) is 14.1. The van der Waals surface area contributed by atoms with Gasteiger partial charge in [-0.05, 0) is 42.0 Å². The Balaban J connectivity index is 0.954. The largest absolute Gasteiger partial charge is 0.391 e. The van der Waals surface area contributed by atoms with E-state index in [4.69, 9.17) is 21.5 Å². The Hall–Kier alpha value is -5.40. The van der Waals surface area contributed by atoms with Crippen LogP contribution in [0.3, 0.4) is 0 Å². The average Bonchev–Trinajstić information content (AvgIpc) is 4.14. The van der Waals surface area contributed by atoms with Crippen molar-refractivity contribution in [3.8, 4) is 20.9 Å². The van der Waals surface area contributed by atoms with E-state index in [1.54, 1.807) is 24.0 Å². The molecule has 2 aromatic carbocycles. The van der Waals surface area contributed by atoms with Gasteiger partial charge in [0.05, 0.1) is 62.5 Å². The zero-order valence-corrected chi connectivity index (χ0v) is 39.2. The van der Waals surface area contributed by atoms with E-state index in [-0.39, 0.29) is 67.6 Å². The predicted molar refractivity (Wildman–Crippen MR) is 248 cm³/mol. The second-order valence-electron chi connectivity index (χ2n) is 16.7. The summed E-state index contributed by atoms with van der Waals surface area (Å²) in [6.45, 7) is 10.3. The summed E-state index contributed by atoms with van der Waals surface area (Å²) in [7, 11) is 1.62. The highest BCUT2D eigenvalue weighted by Crippen LogP contribution is 2.32. The number of β-amino-alcohol motifs (C(OH)–C–C–N with tert-alkyl or cyclic N) is 1. The van der Waals surface area contributed by atoms with Crippen LogP contribution in [0.1, 0.15) is 73.1 Å². The maximum atomic E-state index is 13.8. The third kappa shape index (κ3) is 10.7. The van der Waals surface area contributed by atoms with E-state index >= 15 is 0 Å². The van der Waals surface area contributed by atoms with Crippen LogP contribution in [0.2, 0.25) is 0 Å². The maximum Gasteiger partial charge on any atom is 0.243 e. The summed E-state index contributed by atoms with van der Waals surface area (Å²) in [5.74, 6) is -0.597.